The molecule has 0 heterocycles. The summed E-state index contributed by atoms with van der Waals surface area (Å²) in [5.74, 6) is 0.809. The van der Waals surface area contributed by atoms with Crippen LogP contribution in [0.2, 0.25) is 0 Å². The number of nitrogens with zero attached hydrogens (tertiary/aromatic N) is 1. The minimum atomic E-state index is -0.433. The van der Waals surface area contributed by atoms with Crippen LogP contribution < -0.4 is 10.1 Å². The van der Waals surface area contributed by atoms with E-state index < -0.39 is 4.92 Å². The molecule has 0 saturated heterocycles. The SMILES string of the molecule is CCCCOc1ccc(C(CC(=O)c2ccccc2)Nc2ccc([N+](=O)[O-])cc2)cc1. The van der Waals surface area contributed by atoms with E-state index in [1.807, 2.05) is 42.5 Å². The maximum Gasteiger partial charge on any atom is 0.269 e. The molecule has 0 aliphatic heterocycles. The lowest BCUT2D eigenvalue weighted by atomic mass is 9.97. The quantitative estimate of drug-likeness (QED) is 0.173. The number of nitrogens with one attached hydrogen (secondary N) is 1. The summed E-state index contributed by atoms with van der Waals surface area (Å²) in [4.78, 5) is 23.3. The second-order valence-corrected chi connectivity index (χ2v) is 7.27. The molecule has 0 aliphatic rings. The molecule has 6 nitrogen and oxygen atoms in total. The Hall–Kier alpha value is -3.67. The first-order chi connectivity index (χ1) is 15.1. The zero-order chi connectivity index (χ0) is 22.1. The maximum atomic E-state index is 12.8. The number of carbonyl (C=O) groups is 1. The number of carbonyl (C=O) groups excluding carboxylic acids is 1. The lowest BCUT2D eigenvalue weighted by Gasteiger charge is -2.20. The molecule has 1 N–H and O–H groups in total. The van der Waals surface area contributed by atoms with Crippen LogP contribution >= 0.6 is 0 Å². The lowest BCUT2D eigenvalue weighted by Crippen LogP contribution is -2.16. The summed E-state index contributed by atoms with van der Waals surface area (Å²) in [6.07, 6.45) is 2.32. The number of hydrogen-bond acceptors (Lipinski definition) is 5. The first kappa shape index (κ1) is 22.0. The van der Waals surface area contributed by atoms with Crippen LogP contribution in [0.3, 0.4) is 0 Å². The van der Waals surface area contributed by atoms with Gasteiger partial charge in [0.25, 0.3) is 5.69 Å². The van der Waals surface area contributed by atoms with Gasteiger partial charge in [0.05, 0.1) is 17.6 Å². The van der Waals surface area contributed by atoms with Crippen LogP contribution in [-0.4, -0.2) is 17.3 Å². The molecule has 31 heavy (non-hydrogen) atoms. The van der Waals surface area contributed by atoms with Gasteiger partial charge < -0.3 is 10.1 Å². The highest BCUT2D eigenvalue weighted by atomic mass is 16.6. The van der Waals surface area contributed by atoms with Gasteiger partial charge in [-0.3, -0.25) is 14.9 Å². The largest absolute Gasteiger partial charge is 0.494 e. The van der Waals surface area contributed by atoms with Crippen molar-refractivity contribution in [2.75, 3.05) is 11.9 Å². The Morgan fingerprint density at radius 2 is 1.68 bits per heavy atom. The number of benzene rings is 3. The summed E-state index contributed by atoms with van der Waals surface area (Å²) in [6.45, 7) is 2.79. The molecule has 0 aromatic heterocycles. The van der Waals surface area contributed by atoms with Crippen molar-refractivity contribution in [3.05, 3.63) is 100 Å². The summed E-state index contributed by atoms with van der Waals surface area (Å²) in [7, 11) is 0. The van der Waals surface area contributed by atoms with Crippen molar-refractivity contribution in [2.45, 2.75) is 32.2 Å². The number of non-ortho nitro benzene ring substituents is 1. The Kier molecular flexibility index (Phi) is 7.76. The maximum absolute atomic E-state index is 12.8. The van der Waals surface area contributed by atoms with E-state index in [1.165, 1.54) is 12.1 Å². The van der Waals surface area contributed by atoms with Crippen molar-refractivity contribution in [3.63, 3.8) is 0 Å². The summed E-state index contributed by atoms with van der Waals surface area (Å²) in [5.41, 5.74) is 2.32. The molecule has 0 amide bonds. The van der Waals surface area contributed by atoms with Crippen molar-refractivity contribution >= 4 is 17.2 Å². The summed E-state index contributed by atoms with van der Waals surface area (Å²) >= 11 is 0. The Bertz CT molecular complexity index is 986. The number of ether oxygens (including phenoxy) is 1. The van der Waals surface area contributed by atoms with Crippen LogP contribution in [0.4, 0.5) is 11.4 Å². The van der Waals surface area contributed by atoms with Crippen LogP contribution in [0.25, 0.3) is 0 Å². The molecule has 160 valence electrons. The number of ketones is 1. The minimum absolute atomic E-state index is 0.0169. The first-order valence-electron chi connectivity index (χ1n) is 10.4. The lowest BCUT2D eigenvalue weighted by molar-refractivity contribution is -0.384. The third kappa shape index (κ3) is 6.40. The summed E-state index contributed by atoms with van der Waals surface area (Å²) in [5, 5.41) is 14.3. The van der Waals surface area contributed by atoms with Crippen molar-refractivity contribution in [1.29, 1.82) is 0 Å². The molecule has 0 saturated carbocycles. The van der Waals surface area contributed by atoms with Gasteiger partial charge in [-0.2, -0.15) is 0 Å². The number of unbranched alkanes of at least 4 members (excludes halogenated alkanes) is 1. The number of anilines is 1. The molecule has 0 fully saturated rings. The average molecular weight is 418 g/mol. The van der Waals surface area contributed by atoms with Gasteiger partial charge in [0.1, 0.15) is 5.75 Å². The van der Waals surface area contributed by atoms with E-state index in [2.05, 4.69) is 12.2 Å². The third-order valence-corrected chi connectivity index (χ3v) is 4.95. The van der Waals surface area contributed by atoms with Gasteiger partial charge in [0.15, 0.2) is 5.78 Å². The van der Waals surface area contributed by atoms with E-state index in [4.69, 9.17) is 4.74 Å². The zero-order valence-electron chi connectivity index (χ0n) is 17.5. The number of Topliss-reactive ketones (excluding diaryl/α,β-unsaturated/α-hetero) is 1. The Morgan fingerprint density at radius 1 is 1.00 bits per heavy atom. The normalized spacial score (nSPS) is 11.5. The molecular formula is C25H26N2O4. The number of hydrogen-bond donors (Lipinski definition) is 1. The molecule has 1 unspecified atom stereocenters. The number of rotatable bonds is 11. The first-order valence-corrected chi connectivity index (χ1v) is 10.4. The van der Waals surface area contributed by atoms with Crippen molar-refractivity contribution in [1.82, 2.24) is 0 Å². The van der Waals surface area contributed by atoms with Gasteiger partial charge in [-0.05, 0) is 36.2 Å². The third-order valence-electron chi connectivity index (χ3n) is 4.95. The van der Waals surface area contributed by atoms with Gasteiger partial charge in [0.2, 0.25) is 0 Å². The Labute approximate surface area is 182 Å². The van der Waals surface area contributed by atoms with Crippen LogP contribution in [0.5, 0.6) is 5.75 Å². The van der Waals surface area contributed by atoms with Crippen LogP contribution in [-0.2, 0) is 0 Å². The second-order valence-electron chi connectivity index (χ2n) is 7.27. The topological polar surface area (TPSA) is 81.5 Å². The highest BCUT2D eigenvalue weighted by molar-refractivity contribution is 5.96. The van der Waals surface area contributed by atoms with Crippen molar-refractivity contribution in [3.8, 4) is 5.75 Å². The Morgan fingerprint density at radius 3 is 2.29 bits per heavy atom. The van der Waals surface area contributed by atoms with Gasteiger partial charge in [0, 0.05) is 29.8 Å². The second kappa shape index (κ2) is 10.9. The van der Waals surface area contributed by atoms with E-state index in [1.54, 1.807) is 24.3 Å². The zero-order valence-corrected chi connectivity index (χ0v) is 17.5. The Balaban J connectivity index is 1.79. The summed E-state index contributed by atoms with van der Waals surface area (Å²) in [6, 6.07) is 22.8. The fourth-order valence-electron chi connectivity index (χ4n) is 3.19. The molecule has 0 bridgehead atoms. The van der Waals surface area contributed by atoms with Crippen LogP contribution in [0.15, 0.2) is 78.9 Å². The number of nitro benzene ring substituents is 1. The highest BCUT2D eigenvalue weighted by Gasteiger charge is 2.18. The van der Waals surface area contributed by atoms with Gasteiger partial charge in [-0.25, -0.2) is 0 Å². The van der Waals surface area contributed by atoms with Gasteiger partial charge in [-0.15, -0.1) is 0 Å². The van der Waals surface area contributed by atoms with Crippen molar-refractivity contribution in [2.24, 2.45) is 0 Å². The van der Waals surface area contributed by atoms with Gasteiger partial charge >= 0.3 is 0 Å². The van der Waals surface area contributed by atoms with E-state index >= 15 is 0 Å². The van der Waals surface area contributed by atoms with E-state index in [0.717, 1.165) is 24.2 Å². The molecule has 1 atom stereocenters. The molecule has 3 aromatic rings. The van der Waals surface area contributed by atoms with E-state index in [0.29, 0.717) is 17.9 Å². The van der Waals surface area contributed by atoms with Crippen LogP contribution in [0, 0.1) is 10.1 Å². The molecule has 3 aromatic carbocycles. The van der Waals surface area contributed by atoms with Crippen LogP contribution in [0.1, 0.15) is 48.1 Å². The molecule has 6 heteroatoms. The smallest absolute Gasteiger partial charge is 0.269 e. The minimum Gasteiger partial charge on any atom is -0.494 e. The fraction of sp³-hybridized carbons (Fsp3) is 0.240. The fourth-order valence-corrected chi connectivity index (χ4v) is 3.19. The molecule has 3 rings (SSSR count). The van der Waals surface area contributed by atoms with Gasteiger partial charge in [-0.1, -0.05) is 55.8 Å². The predicted octanol–water partition coefficient (Wildman–Crippen LogP) is 6.20. The molecule has 0 radical (unpaired) electrons. The van der Waals surface area contributed by atoms with E-state index in [9.17, 15) is 14.9 Å². The predicted molar refractivity (Wildman–Crippen MR) is 122 cm³/mol. The monoisotopic (exact) mass is 418 g/mol. The average Bonchev–Trinajstić information content (AvgIpc) is 2.80. The number of nitro groups is 1. The standard InChI is InChI=1S/C25H26N2O4/c1-2-3-17-31-23-15-9-19(10-16-23)24(18-25(28)20-7-5-4-6-8-20)26-21-11-13-22(14-12-21)27(29)30/h4-16,24,26H,2-3,17-18H2,1H3. The summed E-state index contributed by atoms with van der Waals surface area (Å²) < 4.78 is 5.73. The molecule has 0 spiro atoms. The van der Waals surface area contributed by atoms with Crippen molar-refractivity contribution < 1.29 is 14.5 Å². The highest BCUT2D eigenvalue weighted by Crippen LogP contribution is 2.27. The molecule has 0 aliphatic carbocycles. The molecular weight excluding hydrogens is 392 g/mol. The van der Waals surface area contributed by atoms with E-state index in [-0.39, 0.29) is 23.9 Å².